The predicted molar refractivity (Wildman–Crippen MR) is 136 cm³/mol. The normalized spacial score (nSPS) is 21.9. The van der Waals surface area contributed by atoms with Gasteiger partial charge >= 0.3 is 0 Å². The summed E-state index contributed by atoms with van der Waals surface area (Å²) in [5, 5.41) is 0. The van der Waals surface area contributed by atoms with Gasteiger partial charge in [0.15, 0.2) is 12.6 Å². The van der Waals surface area contributed by atoms with Gasteiger partial charge in [-0.2, -0.15) is 0 Å². The molecule has 5 heteroatoms. The highest BCUT2D eigenvalue weighted by Gasteiger charge is 2.52. The van der Waals surface area contributed by atoms with Crippen LogP contribution in [0.15, 0.2) is 84.6 Å². The van der Waals surface area contributed by atoms with E-state index in [9.17, 15) is 4.79 Å². The zero-order chi connectivity index (χ0) is 25.1. The zero-order valence-electron chi connectivity index (χ0n) is 20.7. The number of carbonyl (C=O) groups is 1. The fourth-order valence-corrected chi connectivity index (χ4v) is 5.32. The average Bonchev–Trinajstić information content (AvgIpc) is 3.30. The molecule has 0 spiro atoms. The van der Waals surface area contributed by atoms with Gasteiger partial charge in [-0.1, -0.05) is 67.6 Å². The molecule has 0 aromatic heterocycles. The minimum absolute atomic E-state index is 0.0558. The quantitative estimate of drug-likeness (QED) is 0.372. The Morgan fingerprint density at radius 2 is 1.75 bits per heavy atom. The summed E-state index contributed by atoms with van der Waals surface area (Å²) in [5.41, 5.74) is 2.73. The van der Waals surface area contributed by atoms with E-state index >= 15 is 4.39 Å². The van der Waals surface area contributed by atoms with Crippen LogP contribution in [-0.2, 0) is 33.7 Å². The highest BCUT2D eigenvalue weighted by molar-refractivity contribution is 5.94. The van der Waals surface area contributed by atoms with Crippen molar-refractivity contribution >= 4 is 5.78 Å². The summed E-state index contributed by atoms with van der Waals surface area (Å²) in [4.78, 5) is 12.9. The van der Waals surface area contributed by atoms with Gasteiger partial charge in [-0.3, -0.25) is 4.79 Å². The predicted octanol–water partition coefficient (Wildman–Crippen LogP) is 6.35. The molecule has 0 unspecified atom stereocenters. The van der Waals surface area contributed by atoms with Crippen LogP contribution < -0.4 is 4.74 Å². The molecule has 4 nitrogen and oxygen atoms in total. The summed E-state index contributed by atoms with van der Waals surface area (Å²) >= 11 is 0. The monoisotopic (exact) mass is 486 g/mol. The lowest BCUT2D eigenvalue weighted by Crippen LogP contribution is -2.45. The molecule has 1 aliphatic carbocycles. The Labute approximate surface area is 211 Å². The lowest BCUT2D eigenvalue weighted by Gasteiger charge is -2.38. The molecule has 5 rings (SSSR count). The van der Waals surface area contributed by atoms with Crippen LogP contribution in [0.5, 0.6) is 5.75 Å². The number of rotatable bonds is 8. The fourth-order valence-electron chi connectivity index (χ4n) is 5.32. The Morgan fingerprint density at radius 3 is 2.47 bits per heavy atom. The first-order chi connectivity index (χ1) is 17.4. The number of benzene rings is 3. The van der Waals surface area contributed by atoms with Crippen molar-refractivity contribution in [3.05, 3.63) is 113 Å². The number of halogens is 1. The molecule has 0 saturated carbocycles. The minimum Gasteiger partial charge on any atom is -0.489 e. The van der Waals surface area contributed by atoms with Crippen molar-refractivity contribution in [2.45, 2.75) is 45.3 Å². The molecule has 0 bridgehead atoms. The van der Waals surface area contributed by atoms with E-state index in [1.54, 1.807) is 12.1 Å². The van der Waals surface area contributed by atoms with Gasteiger partial charge in [0.05, 0.1) is 0 Å². The molecule has 1 aliphatic heterocycles. The van der Waals surface area contributed by atoms with Gasteiger partial charge in [-0.05, 0) is 66.5 Å². The van der Waals surface area contributed by atoms with Gasteiger partial charge in [0.25, 0.3) is 0 Å². The average molecular weight is 487 g/mol. The highest BCUT2D eigenvalue weighted by atomic mass is 19.1. The van der Waals surface area contributed by atoms with Gasteiger partial charge in [-0.15, -0.1) is 0 Å². The van der Waals surface area contributed by atoms with Gasteiger partial charge < -0.3 is 14.2 Å². The van der Waals surface area contributed by atoms with Crippen LogP contribution in [0.1, 0.15) is 35.6 Å². The van der Waals surface area contributed by atoms with Gasteiger partial charge in [0.2, 0.25) is 0 Å². The fraction of sp³-hybridized carbons (Fsp3) is 0.323. The lowest BCUT2D eigenvalue weighted by molar-refractivity contribution is -0.123. The van der Waals surface area contributed by atoms with E-state index in [1.165, 1.54) is 6.07 Å². The van der Waals surface area contributed by atoms with Crippen molar-refractivity contribution in [3.63, 3.8) is 0 Å². The third kappa shape index (κ3) is 4.93. The molecule has 2 aliphatic rings. The van der Waals surface area contributed by atoms with Crippen LogP contribution in [0, 0.1) is 24.6 Å². The Kier molecular flexibility index (Phi) is 6.92. The van der Waals surface area contributed by atoms with Crippen molar-refractivity contribution in [1.29, 1.82) is 0 Å². The standard InChI is InChI=1S/C31H31FO4/c1-21-13-27(32)25(16-29(21)34-19-24-11-7-4-8-12-24)14-22(2)31-18-26(15-23-9-5-3-6-10-23)28(33)17-30(31)35-20-36-31/h3-13,16-17,22,26H,14-15,18-20H2,1-2H3/t22-,26+,31+/m0/s1. The second kappa shape index (κ2) is 10.3. The first-order valence-corrected chi connectivity index (χ1v) is 12.5. The van der Waals surface area contributed by atoms with E-state index in [1.807, 2.05) is 74.5 Å². The van der Waals surface area contributed by atoms with Gasteiger partial charge in [-0.25, -0.2) is 4.39 Å². The number of aryl methyl sites for hydroxylation is 1. The Balaban J connectivity index is 1.36. The van der Waals surface area contributed by atoms with Crippen molar-refractivity contribution in [2.24, 2.45) is 11.8 Å². The van der Waals surface area contributed by atoms with Crippen LogP contribution in [0.2, 0.25) is 0 Å². The highest BCUT2D eigenvalue weighted by Crippen LogP contribution is 2.46. The minimum atomic E-state index is -0.754. The molecule has 3 atom stereocenters. The van der Waals surface area contributed by atoms with Crippen LogP contribution >= 0.6 is 0 Å². The maximum atomic E-state index is 15.1. The van der Waals surface area contributed by atoms with E-state index in [2.05, 4.69) is 0 Å². The summed E-state index contributed by atoms with van der Waals surface area (Å²) in [6.07, 6.45) is 3.18. The van der Waals surface area contributed by atoms with Crippen LogP contribution in [-0.4, -0.2) is 18.2 Å². The van der Waals surface area contributed by atoms with Crippen LogP contribution in [0.4, 0.5) is 4.39 Å². The lowest BCUT2D eigenvalue weighted by atomic mass is 9.71. The third-order valence-corrected chi connectivity index (χ3v) is 7.40. The van der Waals surface area contributed by atoms with E-state index in [-0.39, 0.29) is 30.2 Å². The summed E-state index contributed by atoms with van der Waals surface area (Å²) < 4.78 is 33.1. The zero-order valence-corrected chi connectivity index (χ0v) is 20.7. The molecule has 3 aromatic rings. The second-order valence-electron chi connectivity index (χ2n) is 9.89. The molecule has 1 saturated heterocycles. The van der Waals surface area contributed by atoms with Gasteiger partial charge in [0, 0.05) is 12.0 Å². The maximum absolute atomic E-state index is 15.1. The topological polar surface area (TPSA) is 44.8 Å². The number of ketones is 1. The molecular formula is C31H31FO4. The smallest absolute Gasteiger partial charge is 0.189 e. The maximum Gasteiger partial charge on any atom is 0.189 e. The molecule has 0 N–H and O–H groups in total. The molecule has 36 heavy (non-hydrogen) atoms. The number of ether oxygens (including phenoxy) is 3. The summed E-state index contributed by atoms with van der Waals surface area (Å²) in [6, 6.07) is 23.2. The molecule has 0 amide bonds. The molecule has 3 aromatic carbocycles. The van der Waals surface area contributed by atoms with Crippen molar-refractivity contribution < 1.29 is 23.4 Å². The number of hydrogen-bond acceptors (Lipinski definition) is 4. The second-order valence-corrected chi connectivity index (χ2v) is 9.89. The summed E-state index contributed by atoms with van der Waals surface area (Å²) in [5.74, 6) is 0.697. The largest absolute Gasteiger partial charge is 0.489 e. The van der Waals surface area contributed by atoms with Crippen LogP contribution in [0.3, 0.4) is 0 Å². The molecular weight excluding hydrogens is 455 g/mol. The number of fused-ring (bicyclic) bond motifs is 1. The van der Waals surface area contributed by atoms with Crippen molar-refractivity contribution in [1.82, 2.24) is 0 Å². The number of allylic oxidation sites excluding steroid dienone is 1. The van der Waals surface area contributed by atoms with Gasteiger partial charge in [0.1, 0.15) is 29.5 Å². The van der Waals surface area contributed by atoms with E-state index in [0.29, 0.717) is 42.9 Å². The Morgan fingerprint density at radius 1 is 1.06 bits per heavy atom. The first-order valence-electron chi connectivity index (χ1n) is 12.5. The molecule has 1 heterocycles. The third-order valence-electron chi connectivity index (χ3n) is 7.40. The summed E-state index contributed by atoms with van der Waals surface area (Å²) in [6.45, 7) is 4.41. The van der Waals surface area contributed by atoms with E-state index < -0.39 is 5.60 Å². The van der Waals surface area contributed by atoms with Crippen LogP contribution in [0.25, 0.3) is 0 Å². The molecule has 1 fully saturated rings. The van der Waals surface area contributed by atoms with E-state index in [4.69, 9.17) is 14.2 Å². The van der Waals surface area contributed by atoms with Crippen molar-refractivity contribution in [2.75, 3.05) is 6.79 Å². The van der Waals surface area contributed by atoms with E-state index in [0.717, 1.165) is 16.7 Å². The number of hydrogen-bond donors (Lipinski definition) is 0. The molecule has 0 radical (unpaired) electrons. The molecule has 186 valence electrons. The first kappa shape index (κ1) is 24.3. The summed E-state index contributed by atoms with van der Waals surface area (Å²) in [7, 11) is 0. The number of carbonyl (C=O) groups excluding carboxylic acids is 1. The Bertz CT molecular complexity index is 1250. The Hall–Kier alpha value is -3.44. The van der Waals surface area contributed by atoms with Crippen molar-refractivity contribution in [3.8, 4) is 5.75 Å². The SMILES string of the molecule is Cc1cc(F)c(C[C@H](C)[C@]23C[C@@H](Cc4ccccc4)C(=O)C=C2OCO3)cc1OCc1ccccc1.